The molecule has 3 aromatic rings. The lowest BCUT2D eigenvalue weighted by atomic mass is 10.2. The summed E-state index contributed by atoms with van der Waals surface area (Å²) in [5, 5.41) is 3.46. The summed E-state index contributed by atoms with van der Waals surface area (Å²) >= 11 is 2.93. The Kier molecular flexibility index (Phi) is 5.45. The van der Waals surface area contributed by atoms with Gasteiger partial charge in [-0.1, -0.05) is 17.4 Å². The number of thioether (sulfide) groups is 1. The molecule has 1 heterocycles. The fourth-order valence-corrected chi connectivity index (χ4v) is 3.97. The number of benzene rings is 2. The summed E-state index contributed by atoms with van der Waals surface area (Å²) in [7, 11) is 3.25. The van der Waals surface area contributed by atoms with Gasteiger partial charge in [0.05, 0.1) is 24.7 Å². The number of carbonyl (C=O) groups excluding carboxylic acids is 1. The van der Waals surface area contributed by atoms with Gasteiger partial charge in [-0.05, 0) is 42.8 Å². The maximum Gasteiger partial charge on any atom is 0.236 e. The fraction of sp³-hybridized carbons (Fsp3) is 0.222. The van der Waals surface area contributed by atoms with Crippen LogP contribution in [-0.4, -0.2) is 30.9 Å². The minimum atomic E-state index is -0.0866. The van der Waals surface area contributed by atoms with Crippen molar-refractivity contribution in [3.63, 3.8) is 0 Å². The first-order valence-electron chi connectivity index (χ1n) is 7.61. The Bertz CT molecular complexity index is 891. The number of thiazole rings is 1. The maximum absolute atomic E-state index is 12.2. The summed E-state index contributed by atoms with van der Waals surface area (Å²) in [6.45, 7) is 2.02. The van der Waals surface area contributed by atoms with E-state index in [1.807, 2.05) is 43.3 Å². The number of fused-ring (bicyclic) bond motifs is 1. The van der Waals surface area contributed by atoms with Gasteiger partial charge in [0.25, 0.3) is 0 Å². The van der Waals surface area contributed by atoms with Gasteiger partial charge in [-0.2, -0.15) is 0 Å². The van der Waals surface area contributed by atoms with E-state index < -0.39 is 0 Å². The second-order valence-electron chi connectivity index (χ2n) is 5.29. The average Bonchev–Trinajstić information content (AvgIpc) is 3.05. The van der Waals surface area contributed by atoms with Gasteiger partial charge in [-0.15, -0.1) is 11.8 Å². The Morgan fingerprint density at radius 1 is 1.16 bits per heavy atom. The van der Waals surface area contributed by atoms with Crippen molar-refractivity contribution in [3.8, 4) is 11.5 Å². The summed E-state index contributed by atoms with van der Waals surface area (Å²) < 4.78 is 11.5. The molecule has 0 atom stereocenters. The Morgan fingerprint density at radius 2 is 1.92 bits per heavy atom. The third-order valence-electron chi connectivity index (χ3n) is 3.60. The Morgan fingerprint density at radius 3 is 2.60 bits per heavy atom. The highest BCUT2D eigenvalue weighted by molar-refractivity contribution is 8.00. The van der Waals surface area contributed by atoms with Crippen LogP contribution in [0.1, 0.15) is 5.56 Å². The average molecular weight is 374 g/mol. The minimum absolute atomic E-state index is 0.0866. The number of aromatic nitrogens is 1. The van der Waals surface area contributed by atoms with Crippen LogP contribution in [0.3, 0.4) is 0 Å². The zero-order chi connectivity index (χ0) is 17.8. The molecule has 0 saturated carbocycles. The van der Waals surface area contributed by atoms with Crippen LogP contribution >= 0.6 is 23.1 Å². The number of anilines is 1. The van der Waals surface area contributed by atoms with Gasteiger partial charge in [0.2, 0.25) is 5.91 Å². The quantitative estimate of drug-likeness (QED) is 0.650. The maximum atomic E-state index is 12.2. The predicted octanol–water partition coefficient (Wildman–Crippen LogP) is 4.35. The molecule has 25 heavy (non-hydrogen) atoms. The zero-order valence-electron chi connectivity index (χ0n) is 14.2. The van der Waals surface area contributed by atoms with E-state index in [0.717, 1.165) is 26.4 Å². The molecule has 2 aromatic carbocycles. The van der Waals surface area contributed by atoms with Crippen molar-refractivity contribution in [2.75, 3.05) is 25.3 Å². The van der Waals surface area contributed by atoms with Crippen LogP contribution < -0.4 is 14.8 Å². The first-order chi connectivity index (χ1) is 12.1. The van der Waals surface area contributed by atoms with E-state index in [1.54, 1.807) is 14.2 Å². The zero-order valence-corrected chi connectivity index (χ0v) is 15.8. The molecule has 7 heteroatoms. The minimum Gasteiger partial charge on any atom is -0.497 e. The lowest BCUT2D eigenvalue weighted by Crippen LogP contribution is -2.13. The number of carbonyl (C=O) groups is 1. The van der Waals surface area contributed by atoms with E-state index in [0.29, 0.717) is 16.6 Å². The van der Waals surface area contributed by atoms with Crippen molar-refractivity contribution in [2.24, 2.45) is 0 Å². The number of amides is 1. The van der Waals surface area contributed by atoms with E-state index in [-0.39, 0.29) is 5.91 Å². The van der Waals surface area contributed by atoms with Crippen LogP contribution in [0.4, 0.5) is 5.13 Å². The van der Waals surface area contributed by atoms with Crippen LogP contribution in [0.15, 0.2) is 41.3 Å². The number of nitrogens with one attached hydrogen (secondary N) is 1. The SMILES string of the molecule is COc1ccc(SCC(=O)Nc2nc3c(OC)ccc(C)c3s2)cc1. The largest absolute Gasteiger partial charge is 0.497 e. The molecule has 3 rings (SSSR count). The summed E-state index contributed by atoms with van der Waals surface area (Å²) in [4.78, 5) is 17.7. The molecule has 1 aromatic heterocycles. The van der Waals surface area contributed by atoms with E-state index in [2.05, 4.69) is 10.3 Å². The molecule has 0 bridgehead atoms. The molecule has 0 spiro atoms. The smallest absolute Gasteiger partial charge is 0.236 e. The molecule has 130 valence electrons. The van der Waals surface area contributed by atoms with Gasteiger partial charge in [-0.25, -0.2) is 4.98 Å². The van der Waals surface area contributed by atoms with Gasteiger partial charge in [0, 0.05) is 4.90 Å². The number of nitrogens with zero attached hydrogens (tertiary/aromatic N) is 1. The summed E-state index contributed by atoms with van der Waals surface area (Å²) in [5.41, 5.74) is 1.90. The second kappa shape index (κ2) is 7.76. The highest BCUT2D eigenvalue weighted by atomic mass is 32.2. The Labute approximate surface area is 154 Å². The molecule has 0 radical (unpaired) electrons. The monoisotopic (exact) mass is 374 g/mol. The lowest BCUT2D eigenvalue weighted by molar-refractivity contribution is -0.113. The summed E-state index contributed by atoms with van der Waals surface area (Å²) in [6, 6.07) is 11.5. The van der Waals surface area contributed by atoms with Crippen LogP contribution in [0.25, 0.3) is 10.2 Å². The third kappa shape index (κ3) is 4.05. The third-order valence-corrected chi connectivity index (χ3v) is 5.72. The summed E-state index contributed by atoms with van der Waals surface area (Å²) in [6.07, 6.45) is 0. The molecule has 1 N–H and O–H groups in total. The number of hydrogen-bond donors (Lipinski definition) is 1. The number of rotatable bonds is 6. The van der Waals surface area contributed by atoms with E-state index in [9.17, 15) is 4.79 Å². The number of methoxy groups -OCH3 is 2. The molecule has 0 aliphatic carbocycles. The van der Waals surface area contributed by atoms with Crippen molar-refractivity contribution in [2.45, 2.75) is 11.8 Å². The van der Waals surface area contributed by atoms with Crippen molar-refractivity contribution >= 4 is 44.4 Å². The Hall–Kier alpha value is -2.25. The molecular weight excluding hydrogens is 356 g/mol. The predicted molar refractivity (Wildman–Crippen MR) is 103 cm³/mol. The molecule has 0 saturated heterocycles. The van der Waals surface area contributed by atoms with Gasteiger partial charge in [0.1, 0.15) is 17.0 Å². The highest BCUT2D eigenvalue weighted by Crippen LogP contribution is 2.34. The topological polar surface area (TPSA) is 60.5 Å². The molecule has 0 unspecified atom stereocenters. The first-order valence-corrected chi connectivity index (χ1v) is 9.41. The van der Waals surface area contributed by atoms with E-state index in [4.69, 9.17) is 9.47 Å². The van der Waals surface area contributed by atoms with E-state index in [1.165, 1.54) is 23.1 Å². The second-order valence-corrected chi connectivity index (χ2v) is 7.34. The van der Waals surface area contributed by atoms with Gasteiger partial charge >= 0.3 is 0 Å². The fourth-order valence-electron chi connectivity index (χ4n) is 2.30. The number of hydrogen-bond acceptors (Lipinski definition) is 6. The van der Waals surface area contributed by atoms with Crippen molar-refractivity contribution < 1.29 is 14.3 Å². The number of aryl methyl sites for hydroxylation is 1. The standard InChI is InChI=1S/C18H18N2O3S2/c1-11-4-9-14(23-3)16-17(11)25-18(20-16)19-15(21)10-24-13-7-5-12(22-2)6-8-13/h4-9H,10H2,1-3H3,(H,19,20,21). The van der Waals surface area contributed by atoms with Crippen LogP contribution in [0.2, 0.25) is 0 Å². The number of ether oxygens (including phenoxy) is 2. The molecular formula is C18H18N2O3S2. The molecule has 5 nitrogen and oxygen atoms in total. The highest BCUT2D eigenvalue weighted by Gasteiger charge is 2.13. The molecule has 1 amide bonds. The first kappa shape index (κ1) is 17.6. The summed E-state index contributed by atoms with van der Waals surface area (Å²) in [5.74, 6) is 1.74. The van der Waals surface area contributed by atoms with Gasteiger partial charge in [-0.3, -0.25) is 4.79 Å². The van der Waals surface area contributed by atoms with Crippen LogP contribution in [-0.2, 0) is 4.79 Å². The van der Waals surface area contributed by atoms with Gasteiger partial charge < -0.3 is 14.8 Å². The van der Waals surface area contributed by atoms with Crippen LogP contribution in [0, 0.1) is 6.92 Å². The molecule has 0 fully saturated rings. The van der Waals surface area contributed by atoms with E-state index >= 15 is 0 Å². The van der Waals surface area contributed by atoms with Crippen molar-refractivity contribution in [1.29, 1.82) is 0 Å². The van der Waals surface area contributed by atoms with Gasteiger partial charge in [0.15, 0.2) is 5.13 Å². The molecule has 0 aliphatic rings. The van der Waals surface area contributed by atoms with Crippen LogP contribution in [0.5, 0.6) is 11.5 Å². The molecule has 0 aliphatic heterocycles. The normalized spacial score (nSPS) is 10.7. The van der Waals surface area contributed by atoms with Crippen molar-refractivity contribution in [1.82, 2.24) is 4.98 Å². The van der Waals surface area contributed by atoms with Crippen molar-refractivity contribution in [3.05, 3.63) is 42.0 Å². The Balaban J connectivity index is 1.66. The lowest BCUT2D eigenvalue weighted by Gasteiger charge is -2.03.